The molecule has 0 atom stereocenters. The van der Waals surface area contributed by atoms with Gasteiger partial charge in [-0.15, -0.1) is 0 Å². The van der Waals surface area contributed by atoms with E-state index in [4.69, 9.17) is 0 Å². The van der Waals surface area contributed by atoms with E-state index >= 15 is 0 Å². The van der Waals surface area contributed by atoms with E-state index in [1.54, 1.807) is 6.07 Å². The van der Waals surface area contributed by atoms with E-state index in [0.29, 0.717) is 5.75 Å². The Hall–Kier alpha value is -2.02. The van der Waals surface area contributed by atoms with Crippen LogP contribution >= 0.6 is 0 Å². The minimum atomic E-state index is 0.283. The van der Waals surface area contributed by atoms with E-state index in [-0.39, 0.29) is 5.41 Å². The average molecular weight is 308 g/mol. The summed E-state index contributed by atoms with van der Waals surface area (Å²) in [6.07, 6.45) is 14.3. The lowest BCUT2D eigenvalue weighted by Gasteiger charge is -2.32. The number of phenolic OH excluding ortho intramolecular Hbond substituents is 1. The van der Waals surface area contributed by atoms with Gasteiger partial charge in [0.2, 0.25) is 0 Å². The molecule has 0 amide bonds. The van der Waals surface area contributed by atoms with Crippen LogP contribution in [-0.2, 0) is 0 Å². The number of aromatic hydroxyl groups is 1. The van der Waals surface area contributed by atoms with Gasteiger partial charge in [-0.25, -0.2) is 0 Å². The SMILES string of the molecule is CC1=C(/C=C/C(C)=C/C=C/c2ccccc2O)C(C)(C)CCC1. The molecule has 1 aliphatic carbocycles. The van der Waals surface area contributed by atoms with E-state index < -0.39 is 0 Å². The highest BCUT2D eigenvalue weighted by Gasteiger charge is 2.26. The first-order valence-corrected chi connectivity index (χ1v) is 8.41. The molecule has 0 spiro atoms. The summed E-state index contributed by atoms with van der Waals surface area (Å²) in [5.74, 6) is 0.315. The van der Waals surface area contributed by atoms with Crippen LogP contribution in [0.3, 0.4) is 0 Å². The lowest BCUT2D eigenvalue weighted by atomic mass is 9.72. The van der Waals surface area contributed by atoms with E-state index in [0.717, 1.165) is 5.56 Å². The van der Waals surface area contributed by atoms with Gasteiger partial charge in [-0.2, -0.15) is 0 Å². The number of allylic oxidation sites excluding steroid dienone is 7. The third kappa shape index (κ3) is 4.72. The average Bonchev–Trinajstić information content (AvgIpc) is 2.48. The Balaban J connectivity index is 2.09. The molecule has 0 saturated carbocycles. The first-order chi connectivity index (χ1) is 10.9. The summed E-state index contributed by atoms with van der Waals surface area (Å²) in [5.41, 5.74) is 5.34. The fourth-order valence-electron chi connectivity index (χ4n) is 3.21. The molecule has 0 aromatic heterocycles. The van der Waals surface area contributed by atoms with Crippen LogP contribution in [0.15, 0.2) is 65.3 Å². The summed E-state index contributed by atoms with van der Waals surface area (Å²) in [5, 5.41) is 9.74. The molecule has 23 heavy (non-hydrogen) atoms. The van der Waals surface area contributed by atoms with Crippen molar-refractivity contribution in [3.8, 4) is 5.75 Å². The molecule has 0 heterocycles. The Morgan fingerprint density at radius 1 is 1.17 bits per heavy atom. The summed E-state index contributed by atoms with van der Waals surface area (Å²) >= 11 is 0. The quantitative estimate of drug-likeness (QED) is 0.635. The number of benzene rings is 1. The summed E-state index contributed by atoms with van der Waals surface area (Å²) in [7, 11) is 0. The number of phenols is 1. The number of hydrogen-bond donors (Lipinski definition) is 1. The Labute approximate surface area is 140 Å². The molecule has 0 radical (unpaired) electrons. The molecule has 0 aliphatic heterocycles. The largest absolute Gasteiger partial charge is 0.507 e. The molecule has 1 nitrogen and oxygen atoms in total. The van der Waals surface area contributed by atoms with Crippen LogP contribution in [0.4, 0.5) is 0 Å². The van der Waals surface area contributed by atoms with Crippen molar-refractivity contribution in [1.29, 1.82) is 0 Å². The molecule has 0 fully saturated rings. The van der Waals surface area contributed by atoms with Crippen molar-refractivity contribution in [2.24, 2.45) is 5.41 Å². The number of rotatable bonds is 4. The summed E-state index contributed by atoms with van der Waals surface area (Å²) in [6.45, 7) is 9.05. The smallest absolute Gasteiger partial charge is 0.122 e. The van der Waals surface area contributed by atoms with Crippen molar-refractivity contribution in [2.75, 3.05) is 0 Å². The molecule has 1 aromatic rings. The lowest BCUT2D eigenvalue weighted by Crippen LogP contribution is -2.19. The topological polar surface area (TPSA) is 20.2 Å². The Morgan fingerprint density at radius 3 is 2.61 bits per heavy atom. The molecule has 0 unspecified atom stereocenters. The van der Waals surface area contributed by atoms with Gasteiger partial charge in [0.25, 0.3) is 0 Å². The highest BCUT2D eigenvalue weighted by atomic mass is 16.3. The zero-order valence-corrected chi connectivity index (χ0v) is 14.8. The Morgan fingerprint density at radius 2 is 1.91 bits per heavy atom. The summed E-state index contributed by atoms with van der Waals surface area (Å²) < 4.78 is 0. The highest BCUT2D eigenvalue weighted by Crippen LogP contribution is 2.40. The van der Waals surface area contributed by atoms with Crippen molar-refractivity contribution in [3.05, 3.63) is 70.9 Å². The molecular weight excluding hydrogens is 280 g/mol. The zero-order chi connectivity index (χ0) is 16.9. The van der Waals surface area contributed by atoms with E-state index in [2.05, 4.69) is 45.9 Å². The maximum Gasteiger partial charge on any atom is 0.122 e. The van der Waals surface area contributed by atoms with Crippen molar-refractivity contribution in [1.82, 2.24) is 0 Å². The predicted molar refractivity (Wildman–Crippen MR) is 100 cm³/mol. The van der Waals surface area contributed by atoms with Crippen molar-refractivity contribution in [3.63, 3.8) is 0 Å². The van der Waals surface area contributed by atoms with Crippen molar-refractivity contribution < 1.29 is 5.11 Å². The zero-order valence-electron chi connectivity index (χ0n) is 14.8. The van der Waals surface area contributed by atoms with Crippen molar-refractivity contribution in [2.45, 2.75) is 47.0 Å². The minimum absolute atomic E-state index is 0.283. The van der Waals surface area contributed by atoms with Gasteiger partial charge in [0.05, 0.1) is 0 Å². The molecular formula is C22H28O. The van der Waals surface area contributed by atoms with E-state index in [1.807, 2.05) is 30.4 Å². The van der Waals surface area contributed by atoms with Gasteiger partial charge in [0.15, 0.2) is 0 Å². The normalized spacial score (nSPS) is 19.0. The van der Waals surface area contributed by atoms with Crippen LogP contribution < -0.4 is 0 Å². The standard InChI is InChI=1S/C22H28O/c1-17(9-7-12-19-11-5-6-13-21(19)23)14-15-20-18(2)10-8-16-22(20,3)4/h5-7,9,11-15,23H,8,10,16H2,1-4H3/b12-7+,15-14+,17-9+. The molecule has 122 valence electrons. The molecule has 1 N–H and O–H groups in total. The first-order valence-electron chi connectivity index (χ1n) is 8.41. The van der Waals surface area contributed by atoms with Crippen LogP contribution in [0.1, 0.15) is 52.5 Å². The second-order valence-corrected chi connectivity index (χ2v) is 7.09. The third-order valence-electron chi connectivity index (χ3n) is 4.63. The van der Waals surface area contributed by atoms with Crippen LogP contribution in [-0.4, -0.2) is 5.11 Å². The maximum atomic E-state index is 9.74. The second kappa shape index (κ2) is 7.50. The summed E-state index contributed by atoms with van der Waals surface area (Å²) in [6, 6.07) is 7.37. The fourth-order valence-corrected chi connectivity index (χ4v) is 3.21. The molecule has 1 heteroatoms. The van der Waals surface area contributed by atoms with E-state index in [1.165, 1.54) is 36.0 Å². The lowest BCUT2D eigenvalue weighted by molar-refractivity contribution is 0.377. The van der Waals surface area contributed by atoms with Crippen LogP contribution in [0.25, 0.3) is 6.08 Å². The fraction of sp³-hybridized carbons (Fsp3) is 0.364. The predicted octanol–water partition coefficient (Wildman–Crippen LogP) is 6.43. The minimum Gasteiger partial charge on any atom is -0.507 e. The first kappa shape index (κ1) is 17.3. The molecule has 2 rings (SSSR count). The van der Waals surface area contributed by atoms with Gasteiger partial charge in [-0.3, -0.25) is 0 Å². The van der Waals surface area contributed by atoms with Crippen LogP contribution in [0.5, 0.6) is 5.75 Å². The number of para-hydroxylation sites is 1. The molecule has 0 saturated heterocycles. The Bertz CT molecular complexity index is 669. The Kier molecular flexibility index (Phi) is 5.65. The summed E-state index contributed by atoms with van der Waals surface area (Å²) in [4.78, 5) is 0. The second-order valence-electron chi connectivity index (χ2n) is 7.09. The maximum absolute atomic E-state index is 9.74. The van der Waals surface area contributed by atoms with Gasteiger partial charge in [-0.05, 0) is 50.2 Å². The van der Waals surface area contributed by atoms with Gasteiger partial charge >= 0.3 is 0 Å². The van der Waals surface area contributed by atoms with Crippen LogP contribution in [0, 0.1) is 5.41 Å². The third-order valence-corrected chi connectivity index (χ3v) is 4.63. The molecule has 1 aliphatic rings. The van der Waals surface area contributed by atoms with Gasteiger partial charge < -0.3 is 5.11 Å². The van der Waals surface area contributed by atoms with Crippen molar-refractivity contribution >= 4 is 6.08 Å². The van der Waals surface area contributed by atoms with Crippen LogP contribution in [0.2, 0.25) is 0 Å². The van der Waals surface area contributed by atoms with Gasteiger partial charge in [0, 0.05) is 5.56 Å². The van der Waals surface area contributed by atoms with Gasteiger partial charge in [-0.1, -0.05) is 73.6 Å². The van der Waals surface area contributed by atoms with E-state index in [9.17, 15) is 5.11 Å². The monoisotopic (exact) mass is 308 g/mol. The van der Waals surface area contributed by atoms with Gasteiger partial charge in [0.1, 0.15) is 5.75 Å². The number of hydrogen-bond acceptors (Lipinski definition) is 1. The molecule has 0 bridgehead atoms. The highest BCUT2D eigenvalue weighted by molar-refractivity contribution is 5.58. The molecule has 1 aromatic carbocycles.